The molecule has 0 aliphatic carbocycles. The van der Waals surface area contributed by atoms with Gasteiger partial charge in [0.15, 0.2) is 24.6 Å². The zero-order valence-corrected chi connectivity index (χ0v) is 23.4. The lowest BCUT2D eigenvalue weighted by Crippen LogP contribution is -2.60. The minimum atomic E-state index is -0.734. The van der Waals surface area contributed by atoms with Crippen molar-refractivity contribution in [1.82, 2.24) is 0 Å². The highest BCUT2D eigenvalue weighted by atomic mass is 16.7. The number of allylic oxidation sites excluding steroid dienone is 9. The summed E-state index contributed by atoms with van der Waals surface area (Å²) >= 11 is 0. The molecule has 1 fully saturated rings. The maximum absolute atomic E-state index is 10.0. The molecule has 0 spiro atoms. The minimum Gasteiger partial charge on any atom is -0.491 e. The second-order valence-electron chi connectivity index (χ2n) is 8.96. The van der Waals surface area contributed by atoms with Crippen LogP contribution in [-0.4, -0.2) is 49.5 Å². The van der Waals surface area contributed by atoms with E-state index in [1.807, 2.05) is 36.5 Å². The predicted octanol–water partition coefficient (Wildman–Crippen LogP) is 7.29. The second-order valence-corrected chi connectivity index (χ2v) is 8.96. The second kappa shape index (κ2) is 22.9. The van der Waals surface area contributed by atoms with Crippen molar-refractivity contribution in [2.45, 2.75) is 109 Å². The van der Waals surface area contributed by atoms with Crippen molar-refractivity contribution in [3.05, 3.63) is 73.5 Å². The van der Waals surface area contributed by atoms with E-state index in [1.54, 1.807) is 25.9 Å². The van der Waals surface area contributed by atoms with Gasteiger partial charge in [-0.3, -0.25) is 0 Å². The van der Waals surface area contributed by atoms with Crippen molar-refractivity contribution < 1.29 is 28.8 Å². The Morgan fingerprint density at radius 3 is 1.46 bits per heavy atom. The molecule has 1 saturated heterocycles. The van der Waals surface area contributed by atoms with Crippen molar-refractivity contribution in [2.75, 3.05) is 13.7 Å². The lowest BCUT2D eigenvalue weighted by Gasteiger charge is -2.43. The molecule has 37 heavy (non-hydrogen) atoms. The molecule has 6 nitrogen and oxygen atoms in total. The van der Waals surface area contributed by atoms with E-state index >= 15 is 0 Å². The molecule has 0 amide bonds. The molecule has 0 radical (unpaired) electrons. The Balaban J connectivity index is 3.01. The van der Waals surface area contributed by atoms with Gasteiger partial charge in [0.2, 0.25) is 0 Å². The number of hydrogen-bond acceptors (Lipinski definition) is 6. The van der Waals surface area contributed by atoms with Gasteiger partial charge in [-0.25, -0.2) is 0 Å². The highest BCUT2D eigenvalue weighted by molar-refractivity contribution is 5.04. The molecule has 6 heteroatoms. The van der Waals surface area contributed by atoms with Crippen molar-refractivity contribution in [1.29, 1.82) is 0 Å². The molecular formula is C31H50O6. The van der Waals surface area contributed by atoms with Gasteiger partial charge in [-0.1, -0.05) is 95.8 Å². The summed E-state index contributed by atoms with van der Waals surface area (Å²) in [6.07, 6.45) is 29.5. The number of hydrogen-bond donors (Lipinski definition) is 1. The number of ether oxygens (including phenoxy) is 5. The molecule has 0 bridgehead atoms. The van der Waals surface area contributed by atoms with Crippen LogP contribution in [0, 0.1) is 0 Å². The van der Waals surface area contributed by atoms with Crippen LogP contribution < -0.4 is 0 Å². The predicted molar refractivity (Wildman–Crippen MR) is 151 cm³/mol. The molecule has 1 N–H and O–H groups in total. The summed E-state index contributed by atoms with van der Waals surface area (Å²) in [5, 5.41) is 10.0. The molecule has 0 aromatic heterocycles. The van der Waals surface area contributed by atoms with Crippen LogP contribution in [0.2, 0.25) is 0 Å². The van der Waals surface area contributed by atoms with Gasteiger partial charge in [0, 0.05) is 7.11 Å². The first-order valence-electron chi connectivity index (χ1n) is 13.9. The summed E-state index contributed by atoms with van der Waals surface area (Å²) in [5.41, 5.74) is 0. The lowest BCUT2D eigenvalue weighted by atomic mass is 9.98. The third kappa shape index (κ3) is 14.3. The summed E-state index contributed by atoms with van der Waals surface area (Å²) in [7, 11) is 1.55. The molecular weight excluding hydrogens is 468 g/mol. The molecule has 1 unspecified atom stereocenters. The van der Waals surface area contributed by atoms with E-state index < -0.39 is 30.7 Å². The zero-order valence-electron chi connectivity index (χ0n) is 23.4. The van der Waals surface area contributed by atoms with E-state index in [0.717, 1.165) is 57.8 Å². The normalized spacial score (nSPS) is 25.1. The van der Waals surface area contributed by atoms with Crippen LogP contribution in [0.25, 0.3) is 0 Å². The lowest BCUT2D eigenvalue weighted by molar-refractivity contribution is -0.296. The molecule has 1 heterocycles. The first-order chi connectivity index (χ1) is 18.2. The summed E-state index contributed by atoms with van der Waals surface area (Å²) in [6, 6.07) is 0. The van der Waals surface area contributed by atoms with E-state index in [4.69, 9.17) is 23.7 Å². The number of aliphatic hydroxyl groups excluding tert-OH is 1. The third-order valence-corrected chi connectivity index (χ3v) is 5.86. The van der Waals surface area contributed by atoms with Crippen molar-refractivity contribution in [3.63, 3.8) is 0 Å². The summed E-state index contributed by atoms with van der Waals surface area (Å²) < 4.78 is 29.8. The molecule has 1 aliphatic heterocycles. The van der Waals surface area contributed by atoms with Crippen LogP contribution in [0.5, 0.6) is 0 Å². The van der Waals surface area contributed by atoms with Crippen LogP contribution in [0.15, 0.2) is 73.5 Å². The number of rotatable bonds is 20. The fourth-order valence-electron chi connectivity index (χ4n) is 3.71. The standard InChI is InChI=1S/C31H50O6/c1-5-8-11-14-17-20-23-34-28-27(26-32)37-31(33-4)30(36-25-22-19-16-13-10-7-3)29(28)35-24-21-18-15-12-9-6-2/h14-25,27-32H,5-13,26H2,1-4H3/t27-,28-,29+,30-,31?/m1/s1. The molecule has 1 rings (SSSR count). The zero-order chi connectivity index (χ0) is 27.0. The summed E-state index contributed by atoms with van der Waals surface area (Å²) in [4.78, 5) is 0. The molecule has 0 saturated carbocycles. The van der Waals surface area contributed by atoms with Gasteiger partial charge in [0.1, 0.15) is 6.10 Å². The van der Waals surface area contributed by atoms with E-state index in [2.05, 4.69) is 39.0 Å². The maximum Gasteiger partial charge on any atom is 0.198 e. The highest BCUT2D eigenvalue weighted by Gasteiger charge is 2.49. The van der Waals surface area contributed by atoms with Gasteiger partial charge >= 0.3 is 0 Å². The Morgan fingerprint density at radius 2 is 1.05 bits per heavy atom. The SMILES string of the molecule is CCCCC=CC=CO[C@H]1[C@H](OC=CC=CCCCC)[C@@H](OC=CC=CCCCC)C(OC)O[C@@H]1CO. The average molecular weight is 519 g/mol. The quantitative estimate of drug-likeness (QED) is 0.104. The van der Waals surface area contributed by atoms with Gasteiger partial charge in [-0.05, 0) is 37.5 Å². The van der Waals surface area contributed by atoms with Crippen molar-refractivity contribution in [2.24, 2.45) is 0 Å². The molecule has 1 aliphatic rings. The summed E-state index contributed by atoms with van der Waals surface area (Å²) in [5.74, 6) is 0. The van der Waals surface area contributed by atoms with Crippen LogP contribution in [0.1, 0.15) is 78.6 Å². The van der Waals surface area contributed by atoms with Gasteiger partial charge in [-0.2, -0.15) is 0 Å². The number of methoxy groups -OCH3 is 1. The van der Waals surface area contributed by atoms with E-state index in [0.29, 0.717) is 0 Å². The van der Waals surface area contributed by atoms with Crippen LogP contribution in [0.3, 0.4) is 0 Å². The van der Waals surface area contributed by atoms with Crippen LogP contribution in [0.4, 0.5) is 0 Å². The minimum absolute atomic E-state index is 0.242. The van der Waals surface area contributed by atoms with E-state index in [-0.39, 0.29) is 6.61 Å². The smallest absolute Gasteiger partial charge is 0.198 e. The third-order valence-electron chi connectivity index (χ3n) is 5.86. The van der Waals surface area contributed by atoms with Gasteiger partial charge in [-0.15, -0.1) is 0 Å². The Morgan fingerprint density at radius 1 is 0.622 bits per heavy atom. The van der Waals surface area contributed by atoms with Gasteiger partial charge in [0.25, 0.3) is 0 Å². The fraction of sp³-hybridized carbons (Fsp3) is 0.613. The maximum atomic E-state index is 10.0. The molecule has 5 atom stereocenters. The highest BCUT2D eigenvalue weighted by Crippen LogP contribution is 2.29. The molecule has 0 aromatic carbocycles. The molecule has 0 aromatic rings. The summed E-state index contributed by atoms with van der Waals surface area (Å²) in [6.45, 7) is 6.28. The van der Waals surface area contributed by atoms with Gasteiger partial charge < -0.3 is 28.8 Å². The van der Waals surface area contributed by atoms with E-state index in [1.165, 1.54) is 0 Å². The first kappa shape index (κ1) is 32.7. The van der Waals surface area contributed by atoms with Crippen molar-refractivity contribution >= 4 is 0 Å². The Kier molecular flexibility index (Phi) is 20.3. The van der Waals surface area contributed by atoms with Crippen LogP contribution in [-0.2, 0) is 23.7 Å². The topological polar surface area (TPSA) is 66.4 Å². The number of unbranched alkanes of at least 4 members (excludes halogenated alkanes) is 6. The first-order valence-corrected chi connectivity index (χ1v) is 13.9. The van der Waals surface area contributed by atoms with Gasteiger partial charge in [0.05, 0.1) is 25.4 Å². The largest absolute Gasteiger partial charge is 0.491 e. The van der Waals surface area contributed by atoms with Crippen molar-refractivity contribution in [3.8, 4) is 0 Å². The Bertz CT molecular complexity index is 664. The Labute approximate surface area is 225 Å². The number of aliphatic hydroxyl groups is 1. The fourth-order valence-corrected chi connectivity index (χ4v) is 3.71. The monoisotopic (exact) mass is 518 g/mol. The van der Waals surface area contributed by atoms with Crippen LogP contribution >= 0.6 is 0 Å². The molecule has 210 valence electrons. The average Bonchev–Trinajstić information content (AvgIpc) is 2.92. The Hall–Kier alpha value is -2.28. The van der Waals surface area contributed by atoms with E-state index in [9.17, 15) is 5.11 Å².